The van der Waals surface area contributed by atoms with Crippen LogP contribution in [0.4, 0.5) is 4.39 Å². The number of carbonyl (C=O) groups excluding carboxylic acids is 1. The minimum atomic E-state index is -0.596. The smallest absolute Gasteiger partial charge is 0.329 e. The first-order valence-electron chi connectivity index (χ1n) is 9.06. The van der Waals surface area contributed by atoms with Gasteiger partial charge < -0.3 is 20.1 Å². The summed E-state index contributed by atoms with van der Waals surface area (Å²) in [6.45, 7) is -0.294. The van der Waals surface area contributed by atoms with E-state index >= 15 is 0 Å². The van der Waals surface area contributed by atoms with Crippen molar-refractivity contribution in [1.29, 1.82) is 0 Å². The van der Waals surface area contributed by atoms with E-state index in [4.69, 9.17) is 25.6 Å². The average molecular weight is 433 g/mol. The summed E-state index contributed by atoms with van der Waals surface area (Å²) in [5.74, 6) is -0.630. The summed E-state index contributed by atoms with van der Waals surface area (Å²) in [4.78, 5) is 12.5. The van der Waals surface area contributed by atoms with E-state index in [9.17, 15) is 13.8 Å². The highest BCUT2D eigenvalue weighted by Crippen LogP contribution is 2.48. The fourth-order valence-electron chi connectivity index (χ4n) is 4.24. The second-order valence-corrected chi connectivity index (χ2v) is 8.09. The third-order valence-electron chi connectivity index (χ3n) is 5.83. The lowest BCUT2D eigenvalue weighted by molar-refractivity contribution is -0.142. The fraction of sp³-hybridized carbons (Fsp3) is 0.611. The molecule has 0 heterocycles. The summed E-state index contributed by atoms with van der Waals surface area (Å²) in [6, 6.07) is 4.04. The zero-order chi connectivity index (χ0) is 20.2. The molecule has 0 aliphatic heterocycles. The van der Waals surface area contributed by atoms with Crippen molar-refractivity contribution in [2.45, 2.75) is 49.3 Å². The Labute approximate surface area is 169 Å². The van der Waals surface area contributed by atoms with Crippen LogP contribution in [0, 0.1) is 5.82 Å². The lowest BCUT2D eigenvalue weighted by Gasteiger charge is -2.57. The van der Waals surface area contributed by atoms with E-state index in [1.54, 1.807) is 0 Å². The van der Waals surface area contributed by atoms with E-state index in [0.29, 0.717) is 6.42 Å². The highest BCUT2D eigenvalue weighted by Gasteiger charge is 2.55. The molecular formula is C18H23ClFN2O5P. The minimum Gasteiger partial charge on any atom is -0.484 e. The first-order chi connectivity index (χ1) is 13.4. The molecule has 7 nitrogen and oxygen atoms in total. The molecule has 3 aliphatic carbocycles. The first-order valence-corrected chi connectivity index (χ1v) is 10.2. The van der Waals surface area contributed by atoms with Crippen molar-refractivity contribution in [3.63, 3.8) is 0 Å². The standard InChI is InChI=1S/C18H23ClFN2O5P/c1-21-18-6-4-17(5-7-18,9-15(18)26-11-27-28-24)22-16(23)10-25-12-2-3-13(19)14(20)8-12/h2-3,8,15,21H,4-7,9-11H2,1H3,(H,22,23). The lowest BCUT2D eigenvalue weighted by Crippen LogP contribution is -2.69. The van der Waals surface area contributed by atoms with Gasteiger partial charge in [-0.3, -0.25) is 9.32 Å². The van der Waals surface area contributed by atoms with Crippen molar-refractivity contribution in [2.24, 2.45) is 0 Å². The molecule has 0 aromatic heterocycles. The molecule has 154 valence electrons. The molecule has 3 aliphatic rings. The molecule has 0 saturated heterocycles. The van der Waals surface area contributed by atoms with Crippen molar-refractivity contribution in [3.05, 3.63) is 29.0 Å². The number of hydrogen-bond donors (Lipinski definition) is 2. The summed E-state index contributed by atoms with van der Waals surface area (Å²) >= 11 is 5.64. The highest BCUT2D eigenvalue weighted by atomic mass is 35.5. The van der Waals surface area contributed by atoms with Gasteiger partial charge in [0.05, 0.1) is 11.1 Å². The molecule has 0 radical (unpaired) electrons. The Morgan fingerprint density at radius 1 is 1.36 bits per heavy atom. The van der Waals surface area contributed by atoms with E-state index in [1.807, 2.05) is 7.05 Å². The van der Waals surface area contributed by atoms with Gasteiger partial charge >= 0.3 is 8.69 Å². The van der Waals surface area contributed by atoms with Gasteiger partial charge in [0, 0.05) is 17.1 Å². The van der Waals surface area contributed by atoms with Gasteiger partial charge in [-0.05, 0) is 51.3 Å². The number of fused-ring (bicyclic) bond motifs is 3. The van der Waals surface area contributed by atoms with Gasteiger partial charge in [0.25, 0.3) is 5.91 Å². The van der Waals surface area contributed by atoms with Crippen molar-refractivity contribution in [3.8, 4) is 5.75 Å². The Bertz CT molecular complexity index is 730. The molecule has 2 N–H and O–H groups in total. The maximum atomic E-state index is 13.5. The zero-order valence-electron chi connectivity index (χ0n) is 15.5. The van der Waals surface area contributed by atoms with E-state index in [0.717, 1.165) is 31.7 Å². The predicted molar refractivity (Wildman–Crippen MR) is 101 cm³/mol. The molecule has 3 fully saturated rings. The number of hydrogen-bond acceptors (Lipinski definition) is 6. The van der Waals surface area contributed by atoms with E-state index < -0.39 is 14.5 Å². The normalized spacial score (nSPS) is 29.0. The summed E-state index contributed by atoms with van der Waals surface area (Å²) in [5.41, 5.74) is -0.558. The van der Waals surface area contributed by atoms with Crippen LogP contribution in [0.1, 0.15) is 32.1 Å². The van der Waals surface area contributed by atoms with Crippen LogP contribution in [0.25, 0.3) is 0 Å². The molecule has 1 unspecified atom stereocenters. The van der Waals surface area contributed by atoms with Crippen molar-refractivity contribution >= 4 is 26.2 Å². The van der Waals surface area contributed by atoms with Gasteiger partial charge in [-0.15, -0.1) is 0 Å². The van der Waals surface area contributed by atoms with Crippen LogP contribution in [0.5, 0.6) is 5.75 Å². The van der Waals surface area contributed by atoms with Crippen LogP contribution in [0.3, 0.4) is 0 Å². The molecule has 1 amide bonds. The summed E-state index contributed by atoms with van der Waals surface area (Å²) in [5, 5.41) is 6.45. The Kier molecular flexibility index (Phi) is 6.89. The van der Waals surface area contributed by atoms with Gasteiger partial charge in [-0.25, -0.2) is 8.96 Å². The number of benzene rings is 1. The number of amides is 1. The predicted octanol–water partition coefficient (Wildman–Crippen LogP) is 3.21. The van der Waals surface area contributed by atoms with Crippen LogP contribution in [0.2, 0.25) is 5.02 Å². The van der Waals surface area contributed by atoms with Gasteiger partial charge in [0.1, 0.15) is 11.6 Å². The maximum Gasteiger partial charge on any atom is 0.329 e. The van der Waals surface area contributed by atoms with Crippen molar-refractivity contribution in [1.82, 2.24) is 10.6 Å². The van der Waals surface area contributed by atoms with Gasteiger partial charge in [-0.2, -0.15) is 0 Å². The monoisotopic (exact) mass is 432 g/mol. The van der Waals surface area contributed by atoms with Crippen LogP contribution >= 0.6 is 20.3 Å². The molecule has 0 spiro atoms. The highest BCUT2D eigenvalue weighted by molar-refractivity contribution is 7.17. The van der Waals surface area contributed by atoms with E-state index in [2.05, 4.69) is 10.6 Å². The van der Waals surface area contributed by atoms with Crippen LogP contribution in [0.15, 0.2) is 18.2 Å². The molecule has 1 aromatic rings. The number of halogens is 2. The summed E-state index contributed by atoms with van der Waals surface area (Å²) in [6.07, 6.45) is 3.76. The maximum absolute atomic E-state index is 13.5. The SMILES string of the molecule is CNC12CCC(NC(=O)COc3ccc(Cl)c(F)c3)(CC1)CC2OCOP=O. The molecule has 10 heteroatoms. The molecule has 28 heavy (non-hydrogen) atoms. The Hall–Kier alpha value is -1.31. The van der Waals surface area contributed by atoms with E-state index in [1.165, 1.54) is 12.1 Å². The molecule has 1 atom stereocenters. The number of carbonyl (C=O) groups is 1. The zero-order valence-corrected chi connectivity index (χ0v) is 17.2. The van der Waals surface area contributed by atoms with Crippen LogP contribution < -0.4 is 15.4 Å². The van der Waals surface area contributed by atoms with Gasteiger partial charge in [-0.1, -0.05) is 11.6 Å². The summed E-state index contributed by atoms with van der Waals surface area (Å²) in [7, 11) is 1.47. The Balaban J connectivity index is 1.58. The van der Waals surface area contributed by atoms with E-state index in [-0.39, 0.29) is 47.3 Å². The fourth-order valence-corrected chi connectivity index (χ4v) is 4.46. The third-order valence-corrected chi connectivity index (χ3v) is 6.35. The number of likely N-dealkylation sites (N-methyl/N-ethyl adjacent to an activating group) is 1. The summed E-state index contributed by atoms with van der Waals surface area (Å²) < 4.78 is 39.9. The number of nitrogens with one attached hydrogen (secondary N) is 2. The van der Waals surface area contributed by atoms with Crippen molar-refractivity contribution in [2.75, 3.05) is 20.4 Å². The number of rotatable bonds is 9. The number of ether oxygens (including phenoxy) is 2. The minimum absolute atomic E-state index is 0.000383. The lowest BCUT2D eigenvalue weighted by atomic mass is 9.60. The van der Waals surface area contributed by atoms with Crippen LogP contribution in [-0.4, -0.2) is 43.5 Å². The molecular weight excluding hydrogens is 410 g/mol. The van der Waals surface area contributed by atoms with Gasteiger partial charge in [0.2, 0.25) is 0 Å². The Morgan fingerprint density at radius 2 is 2.11 bits per heavy atom. The topological polar surface area (TPSA) is 85.9 Å². The molecule has 4 rings (SSSR count). The van der Waals surface area contributed by atoms with Crippen LogP contribution in [-0.2, 0) is 18.6 Å². The quantitative estimate of drug-likeness (QED) is 0.354. The van der Waals surface area contributed by atoms with Crippen molar-refractivity contribution < 1.29 is 27.7 Å². The average Bonchev–Trinajstić information content (AvgIpc) is 2.70. The molecule has 2 bridgehead atoms. The first kappa shape index (κ1) is 21.4. The largest absolute Gasteiger partial charge is 0.484 e. The second kappa shape index (κ2) is 9.01. The molecule has 1 aromatic carbocycles. The van der Waals surface area contributed by atoms with Gasteiger partial charge in [0.15, 0.2) is 13.4 Å². The second-order valence-electron chi connectivity index (χ2n) is 7.28. The Morgan fingerprint density at radius 3 is 2.75 bits per heavy atom. The molecule has 3 saturated carbocycles. The third kappa shape index (κ3) is 4.63.